The fourth-order valence-electron chi connectivity index (χ4n) is 5.22. The van der Waals surface area contributed by atoms with Crippen LogP contribution in [0.1, 0.15) is 31.7 Å². The van der Waals surface area contributed by atoms with Crippen LogP contribution in [0.25, 0.3) is 21.9 Å². The molecule has 0 amide bonds. The lowest BCUT2D eigenvalue weighted by Crippen LogP contribution is -2.43. The van der Waals surface area contributed by atoms with E-state index in [1.54, 1.807) is 6.20 Å². The molecule has 3 aromatic heterocycles. The number of rotatable bonds is 12. The molecule has 9 nitrogen and oxygen atoms in total. The van der Waals surface area contributed by atoms with E-state index in [-0.39, 0.29) is 36.5 Å². The highest BCUT2D eigenvalue weighted by Gasteiger charge is 2.27. The maximum atomic E-state index is 14.0. The van der Waals surface area contributed by atoms with Crippen molar-refractivity contribution in [1.29, 1.82) is 0 Å². The van der Waals surface area contributed by atoms with Crippen LogP contribution < -0.4 is 11.2 Å². The lowest BCUT2D eigenvalue weighted by atomic mass is 9.86. The van der Waals surface area contributed by atoms with Crippen molar-refractivity contribution in [3.63, 3.8) is 0 Å². The Morgan fingerprint density at radius 2 is 1.54 bits per heavy atom. The van der Waals surface area contributed by atoms with Crippen LogP contribution in [0.5, 0.6) is 0 Å². The molecule has 0 spiro atoms. The second kappa shape index (κ2) is 12.2. The van der Waals surface area contributed by atoms with Crippen LogP contribution in [0.2, 0.25) is 51.4 Å². The van der Waals surface area contributed by atoms with Gasteiger partial charge in [-0.1, -0.05) is 39.3 Å². The van der Waals surface area contributed by atoms with Gasteiger partial charge in [-0.25, -0.2) is 14.3 Å². The Kier molecular flexibility index (Phi) is 9.37. The number of hydrogen-bond acceptors (Lipinski definition) is 6. The van der Waals surface area contributed by atoms with Crippen LogP contribution in [-0.4, -0.2) is 59.8 Å². The Hall–Kier alpha value is -2.06. The summed E-state index contributed by atoms with van der Waals surface area (Å²) >= 11 is 0. The Morgan fingerprint density at radius 3 is 2.13 bits per heavy atom. The van der Waals surface area contributed by atoms with Gasteiger partial charge in [0.1, 0.15) is 19.1 Å². The number of pyridine rings is 1. The van der Waals surface area contributed by atoms with E-state index < -0.39 is 16.1 Å². The molecule has 1 aliphatic carbocycles. The SMILES string of the molecule is C[Si](C)(C)CCOCn1c(=O)c2cnc3c(ccn3COCC[Si](C)(C)C)c2n(C2CCC(CO)CC2)c1=O. The van der Waals surface area contributed by atoms with Crippen molar-refractivity contribution in [2.75, 3.05) is 19.8 Å². The van der Waals surface area contributed by atoms with E-state index in [9.17, 15) is 14.7 Å². The standard InChI is InChI=1S/C28H46N4O5Si2/c1-38(2,3)15-13-36-19-30-12-11-23-25-24(17-29-26(23)30)27(34)31(20-37-14-16-39(4,5)6)28(35)32(25)22-9-7-21(18-33)8-10-22/h11-12,17,21-22,33H,7-10,13-16,18-20H2,1-6H3. The van der Waals surface area contributed by atoms with Gasteiger partial charge < -0.3 is 19.1 Å². The van der Waals surface area contributed by atoms with E-state index in [4.69, 9.17) is 9.47 Å². The first kappa shape index (κ1) is 29.9. The lowest BCUT2D eigenvalue weighted by molar-refractivity contribution is 0.0799. The van der Waals surface area contributed by atoms with E-state index in [0.717, 1.165) is 43.2 Å². The predicted octanol–water partition coefficient (Wildman–Crippen LogP) is 4.86. The first-order chi connectivity index (χ1) is 18.4. The number of aliphatic hydroxyl groups is 1. The molecule has 0 atom stereocenters. The summed E-state index contributed by atoms with van der Waals surface area (Å²) in [7, 11) is -2.49. The van der Waals surface area contributed by atoms with Crippen molar-refractivity contribution in [2.24, 2.45) is 5.92 Å². The van der Waals surface area contributed by atoms with Gasteiger partial charge in [0.15, 0.2) is 0 Å². The molecule has 1 aliphatic rings. The average molecular weight is 575 g/mol. The first-order valence-electron chi connectivity index (χ1n) is 14.3. The number of ether oxygens (including phenoxy) is 2. The summed E-state index contributed by atoms with van der Waals surface area (Å²) in [5, 5.41) is 10.9. The summed E-state index contributed by atoms with van der Waals surface area (Å²) in [5.74, 6) is 0.259. The van der Waals surface area contributed by atoms with Crippen LogP contribution in [0, 0.1) is 5.92 Å². The first-order valence-corrected chi connectivity index (χ1v) is 21.7. The molecule has 4 rings (SSSR count). The summed E-state index contributed by atoms with van der Waals surface area (Å²) in [6.07, 6.45) is 6.78. The Labute approximate surface area is 232 Å². The average Bonchev–Trinajstić information content (AvgIpc) is 3.28. The van der Waals surface area contributed by atoms with Crippen LogP contribution in [0.4, 0.5) is 0 Å². The topological polar surface area (TPSA) is 101 Å². The summed E-state index contributed by atoms with van der Waals surface area (Å²) in [4.78, 5) is 32.2. The maximum absolute atomic E-state index is 14.0. The summed E-state index contributed by atoms with van der Waals surface area (Å²) < 4.78 is 16.8. The minimum absolute atomic E-state index is 0.0569. The van der Waals surface area contributed by atoms with Gasteiger partial charge in [-0.3, -0.25) is 9.36 Å². The van der Waals surface area contributed by atoms with Crippen molar-refractivity contribution in [3.05, 3.63) is 39.3 Å². The normalized spacial score (nSPS) is 18.8. The number of hydrogen-bond donors (Lipinski definition) is 1. The number of aromatic nitrogens is 4. The molecule has 0 aromatic carbocycles. The van der Waals surface area contributed by atoms with E-state index >= 15 is 0 Å². The minimum Gasteiger partial charge on any atom is -0.396 e. The molecule has 0 unspecified atom stereocenters. The monoisotopic (exact) mass is 574 g/mol. The largest absolute Gasteiger partial charge is 0.396 e. The molecule has 1 saturated carbocycles. The van der Waals surface area contributed by atoms with Gasteiger partial charge in [-0.05, 0) is 49.8 Å². The minimum atomic E-state index is -1.30. The Morgan fingerprint density at radius 1 is 0.923 bits per heavy atom. The van der Waals surface area contributed by atoms with Crippen molar-refractivity contribution in [3.8, 4) is 0 Å². The van der Waals surface area contributed by atoms with Crippen LogP contribution in [-0.2, 0) is 22.9 Å². The fourth-order valence-corrected chi connectivity index (χ4v) is 6.73. The third kappa shape index (κ3) is 7.18. The molecule has 3 heterocycles. The zero-order chi connectivity index (χ0) is 28.4. The zero-order valence-electron chi connectivity index (χ0n) is 24.5. The van der Waals surface area contributed by atoms with Gasteiger partial charge in [0.2, 0.25) is 0 Å². The van der Waals surface area contributed by atoms with Crippen LogP contribution in [0.15, 0.2) is 28.0 Å². The second-order valence-electron chi connectivity index (χ2n) is 13.5. The van der Waals surface area contributed by atoms with Crippen molar-refractivity contribution < 1.29 is 14.6 Å². The summed E-state index contributed by atoms with van der Waals surface area (Å²) in [6.45, 7) is 15.5. The molecule has 0 aliphatic heterocycles. The predicted molar refractivity (Wildman–Crippen MR) is 162 cm³/mol. The highest BCUT2D eigenvalue weighted by Crippen LogP contribution is 2.34. The summed E-state index contributed by atoms with van der Waals surface area (Å²) in [5.41, 5.74) is 0.648. The molecule has 0 radical (unpaired) electrons. The van der Waals surface area contributed by atoms with Crippen LogP contribution in [0.3, 0.4) is 0 Å². The number of fused-ring (bicyclic) bond motifs is 3. The zero-order valence-corrected chi connectivity index (χ0v) is 26.5. The fraction of sp³-hybridized carbons (Fsp3) is 0.679. The second-order valence-corrected chi connectivity index (χ2v) is 24.7. The third-order valence-corrected chi connectivity index (χ3v) is 11.2. The number of nitrogens with zero attached hydrogens (tertiary/aromatic N) is 4. The molecule has 216 valence electrons. The molecule has 0 bridgehead atoms. The van der Waals surface area contributed by atoms with Crippen molar-refractivity contribution >= 4 is 38.1 Å². The quantitative estimate of drug-likeness (QED) is 0.245. The van der Waals surface area contributed by atoms with Gasteiger partial charge >= 0.3 is 5.69 Å². The molecule has 0 saturated heterocycles. The number of aliphatic hydroxyl groups excluding tert-OH is 1. The smallest absolute Gasteiger partial charge is 0.333 e. The van der Waals surface area contributed by atoms with E-state index in [1.807, 2.05) is 21.4 Å². The van der Waals surface area contributed by atoms with Gasteiger partial charge in [0.25, 0.3) is 5.56 Å². The highest BCUT2D eigenvalue weighted by atomic mass is 28.3. The van der Waals surface area contributed by atoms with E-state index in [0.29, 0.717) is 36.5 Å². The molecular weight excluding hydrogens is 529 g/mol. The molecule has 39 heavy (non-hydrogen) atoms. The molecule has 1 fully saturated rings. The van der Waals surface area contributed by atoms with Gasteiger partial charge in [0.05, 0.1) is 10.9 Å². The lowest BCUT2D eigenvalue weighted by Gasteiger charge is -2.30. The molecule has 3 aromatic rings. The molecular formula is C28H46N4O5Si2. The van der Waals surface area contributed by atoms with Gasteiger partial charge in [0, 0.05) is 59.8 Å². The van der Waals surface area contributed by atoms with E-state index in [2.05, 4.69) is 44.3 Å². The third-order valence-electron chi connectivity index (χ3n) is 7.80. The highest BCUT2D eigenvalue weighted by molar-refractivity contribution is 6.76. The molecule has 11 heteroatoms. The maximum Gasteiger partial charge on any atom is 0.333 e. The Balaban J connectivity index is 1.74. The summed E-state index contributed by atoms with van der Waals surface area (Å²) in [6, 6.07) is 3.93. The van der Waals surface area contributed by atoms with E-state index in [1.165, 1.54) is 4.57 Å². The van der Waals surface area contributed by atoms with Crippen LogP contribution >= 0.6 is 0 Å². The Bertz CT molecular complexity index is 1390. The molecule has 1 N–H and O–H groups in total. The van der Waals surface area contributed by atoms with Crippen molar-refractivity contribution in [2.45, 2.75) is 96.6 Å². The van der Waals surface area contributed by atoms with Gasteiger partial charge in [-0.2, -0.15) is 0 Å². The van der Waals surface area contributed by atoms with Crippen molar-refractivity contribution in [1.82, 2.24) is 18.7 Å². The van der Waals surface area contributed by atoms with Gasteiger partial charge in [-0.15, -0.1) is 0 Å².